The van der Waals surface area contributed by atoms with Crippen molar-refractivity contribution >= 4 is 5.97 Å². The Kier molecular flexibility index (Phi) is 4.14. The molecule has 0 spiro atoms. The zero-order chi connectivity index (χ0) is 11.5. The molecule has 15 heavy (non-hydrogen) atoms. The highest BCUT2D eigenvalue weighted by atomic mass is 16.5. The average molecular weight is 213 g/mol. The Morgan fingerprint density at radius 2 is 2.00 bits per heavy atom. The van der Waals surface area contributed by atoms with Gasteiger partial charge in [-0.1, -0.05) is 13.8 Å². The van der Waals surface area contributed by atoms with Crippen LogP contribution in [0.2, 0.25) is 0 Å². The number of esters is 1. The van der Waals surface area contributed by atoms with Crippen LogP contribution in [0.1, 0.15) is 40.0 Å². The maximum absolute atomic E-state index is 11.8. The number of nitrogens with zero attached hydrogens (tertiary/aromatic N) is 1. The zero-order valence-electron chi connectivity index (χ0n) is 10.4. The van der Waals surface area contributed by atoms with Gasteiger partial charge in [-0.05, 0) is 45.2 Å². The van der Waals surface area contributed by atoms with E-state index in [0.29, 0.717) is 0 Å². The molecular formula is C12H23NO2. The maximum Gasteiger partial charge on any atom is 0.325 e. The standard InChI is InChI=1S/C12H23NO2/c1-5-12(3,11(14)15-4)13-8-6-10(2)7-9-13/h10H,5-9H2,1-4H3. The molecule has 0 amide bonds. The summed E-state index contributed by atoms with van der Waals surface area (Å²) < 4.78 is 4.91. The number of carbonyl (C=O) groups excluding carboxylic acids is 1. The highest BCUT2D eigenvalue weighted by molar-refractivity contribution is 5.80. The van der Waals surface area contributed by atoms with Gasteiger partial charge >= 0.3 is 5.97 Å². The molecule has 0 N–H and O–H groups in total. The predicted molar refractivity (Wildman–Crippen MR) is 60.7 cm³/mol. The van der Waals surface area contributed by atoms with Crippen LogP contribution in [0, 0.1) is 5.92 Å². The Hall–Kier alpha value is -0.570. The van der Waals surface area contributed by atoms with Gasteiger partial charge in [-0.15, -0.1) is 0 Å². The lowest BCUT2D eigenvalue weighted by atomic mass is 9.90. The first kappa shape index (κ1) is 12.5. The van der Waals surface area contributed by atoms with E-state index in [1.54, 1.807) is 0 Å². The van der Waals surface area contributed by atoms with Crippen molar-refractivity contribution in [3.8, 4) is 0 Å². The Bertz CT molecular complexity index is 222. The number of carbonyl (C=O) groups is 1. The quantitative estimate of drug-likeness (QED) is 0.672. The lowest BCUT2D eigenvalue weighted by molar-refractivity contribution is -0.155. The van der Waals surface area contributed by atoms with Gasteiger partial charge < -0.3 is 4.74 Å². The fraction of sp³-hybridized carbons (Fsp3) is 0.917. The second kappa shape index (κ2) is 4.97. The molecule has 0 aromatic heterocycles. The molecule has 1 rings (SSSR count). The van der Waals surface area contributed by atoms with Gasteiger partial charge in [-0.25, -0.2) is 0 Å². The molecule has 0 radical (unpaired) electrons. The summed E-state index contributed by atoms with van der Waals surface area (Å²) in [5.41, 5.74) is -0.422. The fourth-order valence-corrected chi connectivity index (χ4v) is 2.22. The SMILES string of the molecule is CCC(C)(C(=O)OC)N1CCC(C)CC1. The molecule has 1 aliphatic rings. The lowest BCUT2D eigenvalue weighted by Crippen LogP contribution is -2.55. The van der Waals surface area contributed by atoms with Gasteiger partial charge in [0.25, 0.3) is 0 Å². The van der Waals surface area contributed by atoms with Crippen LogP contribution < -0.4 is 0 Å². The van der Waals surface area contributed by atoms with Crippen molar-refractivity contribution in [2.75, 3.05) is 20.2 Å². The van der Waals surface area contributed by atoms with Gasteiger partial charge in [-0.3, -0.25) is 9.69 Å². The van der Waals surface area contributed by atoms with Crippen molar-refractivity contribution < 1.29 is 9.53 Å². The van der Waals surface area contributed by atoms with Crippen LogP contribution in [0.4, 0.5) is 0 Å². The van der Waals surface area contributed by atoms with Crippen LogP contribution in [0.3, 0.4) is 0 Å². The van der Waals surface area contributed by atoms with E-state index in [1.807, 2.05) is 6.92 Å². The van der Waals surface area contributed by atoms with Crippen molar-refractivity contribution in [3.63, 3.8) is 0 Å². The summed E-state index contributed by atoms with van der Waals surface area (Å²) in [6.07, 6.45) is 3.19. The molecule has 88 valence electrons. The molecule has 0 aromatic carbocycles. The average Bonchev–Trinajstić information content (AvgIpc) is 2.27. The molecule has 1 aliphatic heterocycles. The van der Waals surface area contributed by atoms with E-state index in [2.05, 4.69) is 18.7 Å². The van der Waals surface area contributed by atoms with E-state index in [4.69, 9.17) is 4.74 Å². The van der Waals surface area contributed by atoms with Crippen LogP contribution in [0.15, 0.2) is 0 Å². The van der Waals surface area contributed by atoms with Crippen LogP contribution in [-0.4, -0.2) is 36.6 Å². The minimum Gasteiger partial charge on any atom is -0.468 e. The monoisotopic (exact) mass is 213 g/mol. The van der Waals surface area contributed by atoms with Crippen molar-refractivity contribution in [1.29, 1.82) is 0 Å². The van der Waals surface area contributed by atoms with Crippen molar-refractivity contribution in [2.45, 2.75) is 45.6 Å². The summed E-state index contributed by atoms with van der Waals surface area (Å²) in [6.45, 7) is 8.35. The third-order valence-corrected chi connectivity index (χ3v) is 3.80. The van der Waals surface area contributed by atoms with Gasteiger partial charge in [0.2, 0.25) is 0 Å². The summed E-state index contributed by atoms with van der Waals surface area (Å²) in [6, 6.07) is 0. The minimum atomic E-state index is -0.422. The largest absolute Gasteiger partial charge is 0.468 e. The number of piperidine rings is 1. The molecule has 0 aromatic rings. The van der Waals surface area contributed by atoms with Crippen molar-refractivity contribution in [3.05, 3.63) is 0 Å². The van der Waals surface area contributed by atoms with Gasteiger partial charge in [0, 0.05) is 0 Å². The van der Waals surface area contributed by atoms with Crippen LogP contribution >= 0.6 is 0 Å². The first-order valence-electron chi connectivity index (χ1n) is 5.88. The van der Waals surface area contributed by atoms with Crippen LogP contribution in [0.25, 0.3) is 0 Å². The molecule has 0 aliphatic carbocycles. The van der Waals surface area contributed by atoms with Crippen LogP contribution in [0.5, 0.6) is 0 Å². The second-order valence-corrected chi connectivity index (χ2v) is 4.79. The summed E-state index contributed by atoms with van der Waals surface area (Å²) in [7, 11) is 1.48. The Morgan fingerprint density at radius 1 is 1.47 bits per heavy atom. The van der Waals surface area contributed by atoms with Gasteiger partial charge in [0.05, 0.1) is 7.11 Å². The number of hydrogen-bond donors (Lipinski definition) is 0. The molecule has 3 nitrogen and oxygen atoms in total. The highest BCUT2D eigenvalue weighted by Gasteiger charge is 2.39. The van der Waals surface area contributed by atoms with E-state index in [0.717, 1.165) is 25.4 Å². The number of likely N-dealkylation sites (tertiary alicyclic amines) is 1. The van der Waals surface area contributed by atoms with E-state index < -0.39 is 5.54 Å². The number of methoxy groups -OCH3 is 1. The maximum atomic E-state index is 11.8. The molecule has 1 unspecified atom stereocenters. The zero-order valence-corrected chi connectivity index (χ0v) is 10.4. The van der Waals surface area contributed by atoms with Gasteiger partial charge in [0.1, 0.15) is 5.54 Å². The second-order valence-electron chi connectivity index (χ2n) is 4.79. The van der Waals surface area contributed by atoms with E-state index in [9.17, 15) is 4.79 Å². The number of rotatable bonds is 3. The molecule has 1 saturated heterocycles. The molecule has 0 saturated carbocycles. The Labute approximate surface area is 92.8 Å². The van der Waals surface area contributed by atoms with Crippen LogP contribution in [-0.2, 0) is 9.53 Å². The summed E-state index contributed by atoms with van der Waals surface area (Å²) >= 11 is 0. The minimum absolute atomic E-state index is 0.0976. The molecular weight excluding hydrogens is 190 g/mol. The molecule has 0 bridgehead atoms. The Morgan fingerprint density at radius 3 is 2.40 bits per heavy atom. The molecule has 1 heterocycles. The van der Waals surface area contributed by atoms with Gasteiger partial charge in [0.15, 0.2) is 0 Å². The first-order valence-corrected chi connectivity index (χ1v) is 5.88. The lowest BCUT2D eigenvalue weighted by Gasteiger charge is -2.42. The molecule has 1 atom stereocenters. The third kappa shape index (κ3) is 2.51. The summed E-state index contributed by atoms with van der Waals surface area (Å²) in [4.78, 5) is 14.1. The normalized spacial score (nSPS) is 23.5. The van der Waals surface area contributed by atoms with E-state index in [1.165, 1.54) is 20.0 Å². The third-order valence-electron chi connectivity index (χ3n) is 3.80. The first-order chi connectivity index (χ1) is 7.04. The van der Waals surface area contributed by atoms with E-state index in [-0.39, 0.29) is 5.97 Å². The topological polar surface area (TPSA) is 29.5 Å². The Balaban J connectivity index is 2.69. The summed E-state index contributed by atoms with van der Waals surface area (Å²) in [5.74, 6) is 0.694. The van der Waals surface area contributed by atoms with Crippen molar-refractivity contribution in [2.24, 2.45) is 5.92 Å². The van der Waals surface area contributed by atoms with Gasteiger partial charge in [-0.2, -0.15) is 0 Å². The van der Waals surface area contributed by atoms with E-state index >= 15 is 0 Å². The fourth-order valence-electron chi connectivity index (χ4n) is 2.22. The smallest absolute Gasteiger partial charge is 0.325 e. The molecule has 1 fully saturated rings. The highest BCUT2D eigenvalue weighted by Crippen LogP contribution is 2.27. The predicted octanol–water partition coefficient (Wildman–Crippen LogP) is 2.06. The number of hydrogen-bond acceptors (Lipinski definition) is 3. The summed E-state index contributed by atoms with van der Waals surface area (Å²) in [5, 5.41) is 0. The van der Waals surface area contributed by atoms with Crippen molar-refractivity contribution in [1.82, 2.24) is 4.90 Å². The molecule has 3 heteroatoms. The number of ether oxygens (including phenoxy) is 1.